The first-order valence-corrected chi connectivity index (χ1v) is 8.80. The van der Waals surface area contributed by atoms with Crippen LogP contribution in [0.15, 0.2) is 36.7 Å². The monoisotopic (exact) mass is 312 g/mol. The molecule has 2 aliphatic carbocycles. The van der Waals surface area contributed by atoms with Gasteiger partial charge in [0.05, 0.1) is 0 Å². The molecule has 0 spiro atoms. The Balaban J connectivity index is 1.46. The molecular weight excluding hydrogens is 292 g/mol. The molecule has 3 nitrogen and oxygen atoms in total. The summed E-state index contributed by atoms with van der Waals surface area (Å²) in [4.78, 5) is 21.8. The quantitative estimate of drug-likeness (QED) is 0.842. The molecule has 114 valence electrons. The summed E-state index contributed by atoms with van der Waals surface area (Å²) in [5.74, 6) is 1.03. The van der Waals surface area contributed by atoms with Crippen molar-refractivity contribution in [1.82, 2.24) is 9.88 Å². The number of rotatable bonds is 5. The molecule has 2 unspecified atom stereocenters. The summed E-state index contributed by atoms with van der Waals surface area (Å²) in [6.07, 6.45) is 6.95. The Labute approximate surface area is 135 Å². The van der Waals surface area contributed by atoms with Gasteiger partial charge >= 0.3 is 0 Å². The Kier molecular flexibility index (Phi) is 3.49. The van der Waals surface area contributed by atoms with E-state index in [1.807, 2.05) is 23.5 Å². The standard InChI is InChI=1S/C18H20N2OS/c1-12-2-5-17(22-12)15-10-16(15)18(21)20(14-3-4-14)11-13-6-8-19-9-7-13/h2,5-9,14-16H,3-4,10-11H2,1H3. The van der Waals surface area contributed by atoms with Crippen LogP contribution in [0.3, 0.4) is 0 Å². The first kappa shape index (κ1) is 13.9. The Morgan fingerprint density at radius 1 is 1.27 bits per heavy atom. The number of hydrogen-bond donors (Lipinski definition) is 0. The van der Waals surface area contributed by atoms with E-state index in [1.165, 1.54) is 15.3 Å². The number of carbonyl (C=O) groups is 1. The Morgan fingerprint density at radius 3 is 2.68 bits per heavy atom. The van der Waals surface area contributed by atoms with Crippen LogP contribution < -0.4 is 0 Å². The minimum Gasteiger partial charge on any atom is -0.335 e. The smallest absolute Gasteiger partial charge is 0.226 e. The molecule has 22 heavy (non-hydrogen) atoms. The molecule has 0 aromatic carbocycles. The van der Waals surface area contributed by atoms with Gasteiger partial charge in [-0.2, -0.15) is 0 Å². The summed E-state index contributed by atoms with van der Waals surface area (Å²) < 4.78 is 0. The second kappa shape index (κ2) is 5.51. The van der Waals surface area contributed by atoms with Crippen molar-refractivity contribution in [3.8, 4) is 0 Å². The highest BCUT2D eigenvalue weighted by atomic mass is 32.1. The molecule has 2 atom stereocenters. The van der Waals surface area contributed by atoms with Gasteiger partial charge in [0.1, 0.15) is 0 Å². The third-order valence-corrected chi connectivity index (χ3v) is 5.74. The van der Waals surface area contributed by atoms with Crippen molar-refractivity contribution < 1.29 is 4.79 Å². The molecule has 2 heterocycles. The fourth-order valence-corrected chi connectivity index (χ4v) is 4.16. The van der Waals surface area contributed by atoms with Gasteiger partial charge in [-0.15, -0.1) is 11.3 Å². The van der Waals surface area contributed by atoms with E-state index in [2.05, 4.69) is 28.9 Å². The highest BCUT2D eigenvalue weighted by molar-refractivity contribution is 7.12. The number of amides is 1. The predicted octanol–water partition coefficient (Wildman–Crippen LogP) is 3.75. The number of carbonyl (C=O) groups excluding carboxylic acids is 1. The molecule has 0 radical (unpaired) electrons. The average Bonchev–Trinajstić information content (AvgIpc) is 3.44. The lowest BCUT2D eigenvalue weighted by Crippen LogP contribution is -2.34. The van der Waals surface area contributed by atoms with E-state index in [4.69, 9.17) is 0 Å². The van der Waals surface area contributed by atoms with Crippen LogP contribution in [0.2, 0.25) is 0 Å². The van der Waals surface area contributed by atoms with Gasteiger partial charge in [0.15, 0.2) is 0 Å². The number of pyridine rings is 1. The molecule has 2 aromatic rings. The zero-order valence-corrected chi connectivity index (χ0v) is 13.6. The summed E-state index contributed by atoms with van der Waals surface area (Å²) in [5.41, 5.74) is 1.18. The third kappa shape index (κ3) is 2.80. The lowest BCUT2D eigenvalue weighted by molar-refractivity contribution is -0.133. The Hall–Kier alpha value is -1.68. The van der Waals surface area contributed by atoms with Crippen molar-refractivity contribution in [2.75, 3.05) is 0 Å². The maximum Gasteiger partial charge on any atom is 0.226 e. The average molecular weight is 312 g/mol. The van der Waals surface area contributed by atoms with Gasteiger partial charge in [-0.1, -0.05) is 0 Å². The van der Waals surface area contributed by atoms with Crippen LogP contribution in [-0.2, 0) is 11.3 Å². The zero-order chi connectivity index (χ0) is 15.1. The number of aryl methyl sites for hydroxylation is 1. The SMILES string of the molecule is Cc1ccc(C2CC2C(=O)N(Cc2ccncc2)C2CC2)s1. The minimum absolute atomic E-state index is 0.209. The fraction of sp³-hybridized carbons (Fsp3) is 0.444. The minimum atomic E-state index is 0.209. The van der Waals surface area contributed by atoms with E-state index in [0.717, 1.165) is 25.8 Å². The van der Waals surface area contributed by atoms with Crippen LogP contribution >= 0.6 is 11.3 Å². The summed E-state index contributed by atoms with van der Waals surface area (Å²) >= 11 is 1.84. The largest absolute Gasteiger partial charge is 0.335 e. The van der Waals surface area contributed by atoms with Crippen molar-refractivity contribution in [2.45, 2.75) is 44.7 Å². The molecule has 1 amide bonds. The molecular formula is C18H20N2OS. The third-order valence-electron chi connectivity index (χ3n) is 4.61. The van der Waals surface area contributed by atoms with Crippen molar-refractivity contribution in [1.29, 1.82) is 0 Å². The first-order chi connectivity index (χ1) is 10.7. The topological polar surface area (TPSA) is 33.2 Å². The Bertz CT molecular complexity index is 677. The summed E-state index contributed by atoms with van der Waals surface area (Å²) in [7, 11) is 0. The van der Waals surface area contributed by atoms with E-state index in [-0.39, 0.29) is 5.92 Å². The molecule has 2 aromatic heterocycles. The summed E-state index contributed by atoms with van der Waals surface area (Å²) in [5, 5.41) is 0. The fourth-order valence-electron chi connectivity index (χ4n) is 3.11. The van der Waals surface area contributed by atoms with Gasteiger partial charge in [0, 0.05) is 46.6 Å². The molecule has 0 N–H and O–H groups in total. The van der Waals surface area contributed by atoms with Crippen molar-refractivity contribution >= 4 is 17.2 Å². The molecule has 2 saturated carbocycles. The number of thiophene rings is 1. The molecule has 0 aliphatic heterocycles. The molecule has 2 fully saturated rings. The maximum absolute atomic E-state index is 12.9. The van der Waals surface area contributed by atoms with E-state index >= 15 is 0 Å². The summed E-state index contributed by atoms with van der Waals surface area (Å²) in [6, 6.07) is 8.84. The van der Waals surface area contributed by atoms with Crippen LogP contribution in [0.1, 0.15) is 40.5 Å². The van der Waals surface area contributed by atoms with Crippen LogP contribution in [-0.4, -0.2) is 21.8 Å². The molecule has 4 rings (SSSR count). The second-order valence-electron chi connectivity index (χ2n) is 6.45. The van der Waals surface area contributed by atoms with E-state index < -0.39 is 0 Å². The van der Waals surface area contributed by atoms with E-state index in [9.17, 15) is 4.79 Å². The Morgan fingerprint density at radius 2 is 2.05 bits per heavy atom. The molecule has 0 saturated heterocycles. The zero-order valence-electron chi connectivity index (χ0n) is 12.7. The number of aromatic nitrogens is 1. The maximum atomic E-state index is 12.9. The van der Waals surface area contributed by atoms with Crippen molar-refractivity contribution in [2.24, 2.45) is 5.92 Å². The van der Waals surface area contributed by atoms with Crippen molar-refractivity contribution in [3.05, 3.63) is 52.0 Å². The van der Waals surface area contributed by atoms with Gasteiger partial charge in [-0.05, 0) is 56.0 Å². The molecule has 2 aliphatic rings. The summed E-state index contributed by atoms with van der Waals surface area (Å²) in [6.45, 7) is 2.87. The van der Waals surface area contributed by atoms with Gasteiger partial charge in [-0.3, -0.25) is 9.78 Å². The van der Waals surface area contributed by atoms with Gasteiger partial charge < -0.3 is 4.90 Å². The highest BCUT2D eigenvalue weighted by Crippen LogP contribution is 2.51. The molecule has 4 heteroatoms. The highest BCUT2D eigenvalue weighted by Gasteiger charge is 2.48. The normalized spacial score (nSPS) is 23.3. The number of nitrogens with zero attached hydrogens (tertiary/aromatic N) is 2. The van der Waals surface area contributed by atoms with Gasteiger partial charge in [-0.25, -0.2) is 0 Å². The van der Waals surface area contributed by atoms with E-state index in [0.29, 0.717) is 17.9 Å². The number of hydrogen-bond acceptors (Lipinski definition) is 3. The van der Waals surface area contributed by atoms with Gasteiger partial charge in [0.25, 0.3) is 0 Å². The van der Waals surface area contributed by atoms with Gasteiger partial charge in [0.2, 0.25) is 5.91 Å². The predicted molar refractivity (Wildman–Crippen MR) is 87.7 cm³/mol. The second-order valence-corrected chi connectivity index (χ2v) is 7.77. The van der Waals surface area contributed by atoms with Crippen LogP contribution in [0.5, 0.6) is 0 Å². The van der Waals surface area contributed by atoms with Crippen LogP contribution in [0.4, 0.5) is 0 Å². The first-order valence-electron chi connectivity index (χ1n) is 7.98. The van der Waals surface area contributed by atoms with Crippen LogP contribution in [0.25, 0.3) is 0 Å². The van der Waals surface area contributed by atoms with E-state index in [1.54, 1.807) is 12.4 Å². The lowest BCUT2D eigenvalue weighted by atomic mass is 10.2. The van der Waals surface area contributed by atoms with Crippen molar-refractivity contribution in [3.63, 3.8) is 0 Å². The molecule has 0 bridgehead atoms. The van der Waals surface area contributed by atoms with Crippen LogP contribution in [0, 0.1) is 12.8 Å². The lowest BCUT2D eigenvalue weighted by Gasteiger charge is -2.22.